The number of amides is 1. The van der Waals surface area contributed by atoms with Crippen LogP contribution in [0.3, 0.4) is 0 Å². The van der Waals surface area contributed by atoms with Crippen molar-refractivity contribution in [1.82, 2.24) is 4.98 Å². The molecule has 3 rings (SSSR count). The molecular weight excluding hydrogens is 425 g/mol. The van der Waals surface area contributed by atoms with E-state index in [-0.39, 0.29) is 49.0 Å². The third-order valence-corrected chi connectivity index (χ3v) is 6.16. The Kier molecular flexibility index (Phi) is 6.41. The number of pyridine rings is 1. The molecule has 1 aliphatic carbocycles. The number of halogens is 3. The van der Waals surface area contributed by atoms with Crippen LogP contribution in [0.2, 0.25) is 0 Å². The van der Waals surface area contributed by atoms with Gasteiger partial charge in [-0.2, -0.15) is 13.2 Å². The monoisotopic (exact) mass is 454 g/mol. The van der Waals surface area contributed by atoms with E-state index in [4.69, 9.17) is 21.6 Å². The number of alkyl halides is 3. The van der Waals surface area contributed by atoms with E-state index in [0.29, 0.717) is 11.6 Å². The highest BCUT2D eigenvalue weighted by Gasteiger charge is 2.62. The first-order chi connectivity index (χ1) is 14.9. The first-order valence-corrected chi connectivity index (χ1v) is 10.4. The van der Waals surface area contributed by atoms with Gasteiger partial charge in [-0.15, -0.1) is 0 Å². The van der Waals surface area contributed by atoms with Crippen LogP contribution in [0, 0.1) is 10.8 Å². The van der Waals surface area contributed by atoms with E-state index >= 15 is 0 Å². The third-order valence-electron chi connectivity index (χ3n) is 6.16. The van der Waals surface area contributed by atoms with Gasteiger partial charge in [0, 0.05) is 17.8 Å². The minimum atomic E-state index is -4.23. The van der Waals surface area contributed by atoms with Crippen LogP contribution in [-0.4, -0.2) is 41.3 Å². The van der Waals surface area contributed by atoms with Crippen molar-refractivity contribution in [3.05, 3.63) is 30.0 Å². The van der Waals surface area contributed by atoms with Crippen LogP contribution in [0.25, 0.3) is 0 Å². The highest BCUT2D eigenvalue weighted by molar-refractivity contribution is 5.98. The molecule has 0 bridgehead atoms. The van der Waals surface area contributed by atoms with E-state index in [0.717, 1.165) is 12.8 Å². The molecule has 1 aromatic rings. The molecule has 0 aromatic carbocycles. The summed E-state index contributed by atoms with van der Waals surface area (Å²) in [6.07, 6.45) is -0.242. The topological polar surface area (TPSA) is 130 Å². The van der Waals surface area contributed by atoms with Gasteiger partial charge in [-0.25, -0.2) is 4.98 Å². The van der Waals surface area contributed by atoms with Gasteiger partial charge in [-0.1, -0.05) is 0 Å². The molecule has 11 heteroatoms. The zero-order valence-electron chi connectivity index (χ0n) is 18.1. The standard InChI is InChI=1S/C21H29F3N6O2/c1-19(2)7-5-14(25)30(19)18-13(17(27)31)3-4-16(29-18)28-11-6-15(26)32-12-10-20(8-9-20)21(22,23)24/h3-4,6,11,14,26H,5,7-10,12,25H2,1-2H3,(H2,27,31)(H,28,29)/b11-6-,26-15?/t14-/m0/s1. The maximum absolute atomic E-state index is 12.9. The van der Waals surface area contributed by atoms with Crippen LogP contribution < -0.4 is 21.7 Å². The van der Waals surface area contributed by atoms with Crippen molar-refractivity contribution < 1.29 is 22.7 Å². The Hall–Kier alpha value is -2.82. The molecule has 1 saturated carbocycles. The average molecular weight is 454 g/mol. The molecule has 2 aliphatic rings. The van der Waals surface area contributed by atoms with Gasteiger partial charge in [0.05, 0.1) is 23.8 Å². The molecular formula is C21H29F3N6O2. The van der Waals surface area contributed by atoms with Crippen LogP contribution in [0.1, 0.15) is 56.3 Å². The molecule has 1 saturated heterocycles. The summed E-state index contributed by atoms with van der Waals surface area (Å²) < 4.78 is 43.9. The molecule has 8 nitrogen and oxygen atoms in total. The highest BCUT2D eigenvalue weighted by Crippen LogP contribution is 2.59. The first-order valence-electron chi connectivity index (χ1n) is 10.4. The van der Waals surface area contributed by atoms with Gasteiger partial charge in [0.15, 0.2) is 0 Å². The number of ether oxygens (including phenoxy) is 1. The van der Waals surface area contributed by atoms with Crippen LogP contribution in [0.15, 0.2) is 24.4 Å². The largest absolute Gasteiger partial charge is 0.478 e. The Morgan fingerprint density at radius 2 is 2.06 bits per heavy atom. The third kappa shape index (κ3) is 4.98. The Morgan fingerprint density at radius 1 is 1.38 bits per heavy atom. The molecule has 176 valence electrons. The summed E-state index contributed by atoms with van der Waals surface area (Å²) in [4.78, 5) is 18.3. The van der Waals surface area contributed by atoms with Crippen molar-refractivity contribution in [1.29, 1.82) is 5.41 Å². The van der Waals surface area contributed by atoms with Crippen molar-refractivity contribution in [3.8, 4) is 0 Å². The van der Waals surface area contributed by atoms with Gasteiger partial charge >= 0.3 is 6.18 Å². The number of nitrogens with one attached hydrogen (secondary N) is 2. The Labute approximate surface area is 184 Å². The molecule has 1 atom stereocenters. The summed E-state index contributed by atoms with van der Waals surface area (Å²) in [5.74, 6) is -0.129. The average Bonchev–Trinajstić information content (AvgIpc) is 3.42. The number of primary amides is 1. The second kappa shape index (κ2) is 8.61. The predicted octanol–water partition coefficient (Wildman–Crippen LogP) is 3.50. The van der Waals surface area contributed by atoms with Gasteiger partial charge in [0.25, 0.3) is 5.91 Å². The van der Waals surface area contributed by atoms with E-state index in [1.807, 2.05) is 18.7 Å². The van der Waals surface area contributed by atoms with Gasteiger partial charge in [0.2, 0.25) is 5.90 Å². The fourth-order valence-corrected chi connectivity index (χ4v) is 3.98. The molecule has 2 heterocycles. The Morgan fingerprint density at radius 3 is 2.59 bits per heavy atom. The number of hydrogen-bond donors (Lipinski definition) is 4. The number of nitrogens with zero attached hydrogens (tertiary/aromatic N) is 2. The lowest BCUT2D eigenvalue weighted by Gasteiger charge is -2.36. The molecule has 2 fully saturated rings. The second-order valence-corrected chi connectivity index (χ2v) is 8.94. The predicted molar refractivity (Wildman–Crippen MR) is 115 cm³/mol. The lowest BCUT2D eigenvalue weighted by molar-refractivity contribution is -0.190. The van der Waals surface area contributed by atoms with Crippen molar-refractivity contribution in [2.24, 2.45) is 16.9 Å². The number of anilines is 2. The summed E-state index contributed by atoms with van der Waals surface area (Å²) in [7, 11) is 0. The van der Waals surface area contributed by atoms with E-state index in [2.05, 4.69) is 10.3 Å². The molecule has 32 heavy (non-hydrogen) atoms. The van der Waals surface area contributed by atoms with E-state index in [9.17, 15) is 18.0 Å². The first kappa shape index (κ1) is 23.8. The minimum Gasteiger partial charge on any atom is -0.478 e. The quantitative estimate of drug-likeness (QED) is 0.351. The lowest BCUT2D eigenvalue weighted by Crippen LogP contribution is -2.48. The van der Waals surface area contributed by atoms with Gasteiger partial charge in [-0.05, 0) is 58.1 Å². The molecule has 0 unspecified atom stereocenters. The number of aromatic nitrogens is 1. The van der Waals surface area contributed by atoms with Crippen molar-refractivity contribution in [2.45, 2.75) is 63.8 Å². The Bertz CT molecular complexity index is 911. The number of rotatable bonds is 8. The van der Waals surface area contributed by atoms with Crippen LogP contribution in [-0.2, 0) is 4.74 Å². The van der Waals surface area contributed by atoms with Crippen LogP contribution in [0.5, 0.6) is 0 Å². The van der Waals surface area contributed by atoms with Gasteiger partial charge in [-0.3, -0.25) is 10.2 Å². The summed E-state index contributed by atoms with van der Waals surface area (Å²) >= 11 is 0. The lowest BCUT2D eigenvalue weighted by atomic mass is 10.0. The summed E-state index contributed by atoms with van der Waals surface area (Å²) in [6, 6.07) is 3.11. The zero-order chi connectivity index (χ0) is 23.7. The number of hydrogen-bond acceptors (Lipinski definition) is 7. The molecule has 0 spiro atoms. The molecule has 6 N–H and O–H groups in total. The fraction of sp³-hybridized carbons (Fsp3) is 0.571. The van der Waals surface area contributed by atoms with Crippen molar-refractivity contribution >= 4 is 23.4 Å². The SMILES string of the molecule is CC1(C)CC[C@@H](N)N1c1nc(N/C=C\C(=N)OCCC2(C(F)(F)F)CC2)ccc1C(N)=O. The van der Waals surface area contributed by atoms with Gasteiger partial charge in [0.1, 0.15) is 11.6 Å². The maximum Gasteiger partial charge on any atom is 0.394 e. The number of nitrogens with two attached hydrogens (primary N) is 2. The molecule has 1 amide bonds. The van der Waals surface area contributed by atoms with E-state index < -0.39 is 17.5 Å². The smallest absolute Gasteiger partial charge is 0.394 e. The maximum atomic E-state index is 12.9. The van der Waals surface area contributed by atoms with Crippen molar-refractivity contribution in [2.75, 3.05) is 16.8 Å². The van der Waals surface area contributed by atoms with Gasteiger partial charge < -0.3 is 26.4 Å². The highest BCUT2D eigenvalue weighted by atomic mass is 19.4. The number of carbonyl (C=O) groups excluding carboxylic acids is 1. The minimum absolute atomic E-state index is 0.109. The van der Waals surface area contributed by atoms with E-state index in [1.165, 1.54) is 12.3 Å². The molecule has 1 aromatic heterocycles. The molecule has 0 radical (unpaired) electrons. The number of carbonyl (C=O) groups is 1. The van der Waals surface area contributed by atoms with E-state index in [1.54, 1.807) is 12.1 Å². The zero-order valence-corrected chi connectivity index (χ0v) is 18.1. The Balaban J connectivity index is 1.62. The second-order valence-electron chi connectivity index (χ2n) is 8.94. The van der Waals surface area contributed by atoms with Crippen molar-refractivity contribution in [3.63, 3.8) is 0 Å². The summed E-state index contributed by atoms with van der Waals surface area (Å²) in [6.45, 7) is 3.84. The fourth-order valence-electron chi connectivity index (χ4n) is 3.98. The molecule has 1 aliphatic heterocycles. The summed E-state index contributed by atoms with van der Waals surface area (Å²) in [5, 5.41) is 10.6. The normalized spacial score (nSPS) is 21.6. The van der Waals surface area contributed by atoms with Crippen LogP contribution in [0.4, 0.5) is 24.8 Å². The van der Waals surface area contributed by atoms with Crippen LogP contribution >= 0.6 is 0 Å². The summed E-state index contributed by atoms with van der Waals surface area (Å²) in [5.41, 5.74) is 10.0.